The molecule has 1 saturated heterocycles. The molecule has 0 unspecified atom stereocenters. The van der Waals surface area contributed by atoms with E-state index in [1.54, 1.807) is 13.0 Å². The third-order valence-electron chi connectivity index (χ3n) is 3.08. The third-order valence-corrected chi connectivity index (χ3v) is 5.41. The molecule has 0 aliphatic carbocycles. The molecule has 2 rings (SSSR count). The van der Waals surface area contributed by atoms with Crippen LogP contribution < -0.4 is 4.74 Å². The Labute approximate surface area is 177 Å². The van der Waals surface area contributed by atoms with Crippen molar-refractivity contribution in [2.24, 2.45) is 0 Å². The second-order valence-electron chi connectivity index (χ2n) is 4.81. The van der Waals surface area contributed by atoms with Crippen molar-refractivity contribution in [2.45, 2.75) is 13.8 Å². The number of rotatable bonds is 6. The molecule has 0 spiro atoms. The molecule has 1 aromatic rings. The minimum Gasteiger partial charge on any atom is -0.492 e. The highest BCUT2D eigenvalue weighted by atomic mass is 127. The van der Waals surface area contributed by atoms with Gasteiger partial charge in [-0.15, -0.1) is 0 Å². The molecular formula is C16H15I2NO5S. The molecule has 1 aliphatic rings. The Morgan fingerprint density at radius 1 is 1.24 bits per heavy atom. The summed E-state index contributed by atoms with van der Waals surface area (Å²) in [5, 5.41) is -0.484. The molecule has 2 amide bonds. The fourth-order valence-electron chi connectivity index (χ4n) is 2.10. The summed E-state index contributed by atoms with van der Waals surface area (Å²) < 4.78 is 12.4. The van der Waals surface area contributed by atoms with E-state index in [1.165, 1.54) is 0 Å². The van der Waals surface area contributed by atoms with Crippen molar-refractivity contribution in [3.8, 4) is 5.75 Å². The molecule has 0 atom stereocenters. The molecule has 25 heavy (non-hydrogen) atoms. The Morgan fingerprint density at radius 2 is 1.96 bits per heavy atom. The molecule has 0 bridgehead atoms. The lowest BCUT2D eigenvalue weighted by molar-refractivity contribution is -0.145. The molecule has 9 heteroatoms. The molecule has 0 radical (unpaired) electrons. The van der Waals surface area contributed by atoms with Crippen LogP contribution in [-0.2, 0) is 14.3 Å². The number of ether oxygens (including phenoxy) is 2. The van der Waals surface area contributed by atoms with Crippen LogP contribution in [0.4, 0.5) is 4.79 Å². The molecule has 134 valence electrons. The Hall–Kier alpha value is -0.820. The van der Waals surface area contributed by atoms with Crippen molar-refractivity contribution in [3.05, 3.63) is 29.7 Å². The molecule has 0 aromatic heterocycles. The maximum Gasteiger partial charge on any atom is 0.326 e. The quantitative estimate of drug-likeness (QED) is 0.286. The van der Waals surface area contributed by atoms with Crippen molar-refractivity contribution < 1.29 is 23.9 Å². The highest BCUT2D eigenvalue weighted by Gasteiger charge is 2.36. The number of nitrogens with zero attached hydrogens (tertiary/aromatic N) is 1. The van der Waals surface area contributed by atoms with Gasteiger partial charge in [-0.05, 0) is 89.0 Å². The topological polar surface area (TPSA) is 72.9 Å². The number of carbonyl (C=O) groups is 3. The maximum absolute atomic E-state index is 12.5. The summed E-state index contributed by atoms with van der Waals surface area (Å²) in [6.07, 6.45) is 1.63. The fourth-order valence-corrected chi connectivity index (χ4v) is 4.97. The van der Waals surface area contributed by atoms with E-state index in [4.69, 9.17) is 9.47 Å². The first kappa shape index (κ1) is 20.5. The first-order valence-corrected chi connectivity index (χ1v) is 10.4. The van der Waals surface area contributed by atoms with Gasteiger partial charge in [0.05, 0.1) is 21.7 Å². The number of amides is 2. The molecule has 1 aromatic carbocycles. The SMILES string of the molecule is CCOC(=O)CN1C(=O)S/C(=C/c2cc(I)cc(I)c2OCC)C1=O. The number of imide groups is 1. The number of halogens is 2. The van der Waals surface area contributed by atoms with Crippen LogP contribution in [-0.4, -0.2) is 41.8 Å². The number of hydrogen-bond donors (Lipinski definition) is 0. The van der Waals surface area contributed by atoms with Crippen molar-refractivity contribution in [2.75, 3.05) is 19.8 Å². The zero-order valence-corrected chi connectivity index (χ0v) is 18.6. The zero-order valence-electron chi connectivity index (χ0n) is 13.5. The zero-order chi connectivity index (χ0) is 18.6. The summed E-state index contributed by atoms with van der Waals surface area (Å²) in [4.78, 5) is 37.2. The Kier molecular flexibility index (Phi) is 7.55. The predicted octanol–water partition coefficient (Wildman–Crippen LogP) is 3.89. The first-order chi connectivity index (χ1) is 11.9. The molecule has 1 aliphatic heterocycles. The van der Waals surface area contributed by atoms with Gasteiger partial charge < -0.3 is 9.47 Å². The summed E-state index contributed by atoms with van der Waals surface area (Å²) in [6.45, 7) is 3.86. The number of carbonyl (C=O) groups excluding carboxylic acids is 3. The molecule has 6 nitrogen and oxygen atoms in total. The van der Waals surface area contributed by atoms with Gasteiger partial charge in [0.15, 0.2) is 0 Å². The van der Waals surface area contributed by atoms with Gasteiger partial charge in [-0.25, -0.2) is 0 Å². The third kappa shape index (κ3) is 5.09. The van der Waals surface area contributed by atoms with Crippen molar-refractivity contribution in [1.82, 2.24) is 4.90 Å². The van der Waals surface area contributed by atoms with E-state index in [1.807, 2.05) is 19.1 Å². The number of hydrogen-bond acceptors (Lipinski definition) is 6. The lowest BCUT2D eigenvalue weighted by Gasteiger charge is -2.12. The van der Waals surface area contributed by atoms with Gasteiger partial charge in [0.25, 0.3) is 11.1 Å². The number of esters is 1. The van der Waals surface area contributed by atoms with Gasteiger partial charge >= 0.3 is 5.97 Å². The highest BCUT2D eigenvalue weighted by molar-refractivity contribution is 14.1. The van der Waals surface area contributed by atoms with Crippen LogP contribution in [0.3, 0.4) is 0 Å². The Balaban J connectivity index is 2.32. The predicted molar refractivity (Wildman–Crippen MR) is 112 cm³/mol. The Bertz CT molecular complexity index is 750. The summed E-state index contributed by atoms with van der Waals surface area (Å²) in [7, 11) is 0. The van der Waals surface area contributed by atoms with E-state index >= 15 is 0 Å². The van der Waals surface area contributed by atoms with Crippen LogP contribution in [0.2, 0.25) is 0 Å². The summed E-state index contributed by atoms with van der Waals surface area (Å²) >= 11 is 5.16. The smallest absolute Gasteiger partial charge is 0.326 e. The van der Waals surface area contributed by atoms with E-state index in [0.29, 0.717) is 12.4 Å². The average Bonchev–Trinajstić information content (AvgIpc) is 2.78. The standard InChI is InChI=1S/C16H15I2NO5S/c1-3-23-13(20)8-19-15(21)12(25-16(19)22)6-9-5-10(17)7-11(18)14(9)24-4-2/h5-7H,3-4,8H2,1-2H3/b12-6+. The van der Waals surface area contributed by atoms with Gasteiger partial charge in [0.1, 0.15) is 12.3 Å². The average molecular weight is 587 g/mol. The molecule has 1 heterocycles. The maximum atomic E-state index is 12.5. The van der Waals surface area contributed by atoms with Crippen molar-refractivity contribution in [1.29, 1.82) is 0 Å². The van der Waals surface area contributed by atoms with Crippen LogP contribution >= 0.6 is 56.9 Å². The first-order valence-electron chi connectivity index (χ1n) is 7.40. The van der Waals surface area contributed by atoms with Gasteiger partial charge in [0, 0.05) is 9.13 Å². The van der Waals surface area contributed by atoms with Crippen LogP contribution in [0, 0.1) is 7.14 Å². The second-order valence-corrected chi connectivity index (χ2v) is 8.21. The summed E-state index contributed by atoms with van der Waals surface area (Å²) in [5.41, 5.74) is 0.722. The highest BCUT2D eigenvalue weighted by Crippen LogP contribution is 2.36. The number of thioether (sulfide) groups is 1. The van der Waals surface area contributed by atoms with Gasteiger partial charge in [-0.2, -0.15) is 0 Å². The lowest BCUT2D eigenvalue weighted by Crippen LogP contribution is -2.34. The normalized spacial score (nSPS) is 15.8. The van der Waals surface area contributed by atoms with Gasteiger partial charge in [-0.3, -0.25) is 19.3 Å². The molecule has 1 fully saturated rings. The van der Waals surface area contributed by atoms with Crippen LogP contribution in [0.1, 0.15) is 19.4 Å². The summed E-state index contributed by atoms with van der Waals surface area (Å²) in [5.74, 6) is -0.440. The monoisotopic (exact) mass is 587 g/mol. The van der Waals surface area contributed by atoms with E-state index in [9.17, 15) is 14.4 Å². The molecule has 0 saturated carbocycles. The van der Waals surface area contributed by atoms with Crippen molar-refractivity contribution >= 4 is 80.1 Å². The van der Waals surface area contributed by atoms with Crippen LogP contribution in [0.25, 0.3) is 6.08 Å². The van der Waals surface area contributed by atoms with E-state index in [2.05, 4.69) is 45.2 Å². The fraction of sp³-hybridized carbons (Fsp3) is 0.312. The van der Waals surface area contributed by atoms with Gasteiger partial charge in [0.2, 0.25) is 0 Å². The van der Waals surface area contributed by atoms with Crippen LogP contribution in [0.5, 0.6) is 5.75 Å². The Morgan fingerprint density at radius 3 is 2.60 bits per heavy atom. The lowest BCUT2D eigenvalue weighted by atomic mass is 10.2. The van der Waals surface area contributed by atoms with Gasteiger partial charge in [-0.1, -0.05) is 0 Å². The second kappa shape index (κ2) is 9.21. The minimum absolute atomic E-state index is 0.198. The van der Waals surface area contributed by atoms with Crippen LogP contribution in [0.15, 0.2) is 17.0 Å². The molecular weight excluding hydrogens is 572 g/mol. The van der Waals surface area contributed by atoms with E-state index in [-0.39, 0.29) is 18.1 Å². The largest absolute Gasteiger partial charge is 0.492 e. The molecule has 0 N–H and O–H groups in total. The summed E-state index contributed by atoms with van der Waals surface area (Å²) in [6, 6.07) is 3.85. The number of benzene rings is 1. The van der Waals surface area contributed by atoms with E-state index < -0.39 is 17.1 Å². The minimum atomic E-state index is -0.607. The van der Waals surface area contributed by atoms with E-state index in [0.717, 1.165) is 29.4 Å². The van der Waals surface area contributed by atoms with Crippen molar-refractivity contribution in [3.63, 3.8) is 0 Å².